The van der Waals surface area contributed by atoms with Crippen LogP contribution in [0.4, 0.5) is 5.69 Å². The Morgan fingerprint density at radius 1 is 1.52 bits per heavy atom. The van der Waals surface area contributed by atoms with Gasteiger partial charge in [0.15, 0.2) is 5.96 Å². The van der Waals surface area contributed by atoms with Gasteiger partial charge in [0.1, 0.15) is 5.75 Å². The van der Waals surface area contributed by atoms with Crippen LogP contribution in [0.2, 0.25) is 0 Å². The fraction of sp³-hybridized carbons (Fsp3) is 0.438. The summed E-state index contributed by atoms with van der Waals surface area (Å²) in [6.07, 6.45) is 6.30. The molecular weight excluding hydrogens is 264 g/mol. The molecule has 0 saturated carbocycles. The molecule has 21 heavy (non-hydrogen) atoms. The molecule has 5 heteroatoms. The van der Waals surface area contributed by atoms with Gasteiger partial charge in [-0.15, -0.1) is 6.42 Å². The molecule has 1 aliphatic heterocycles. The van der Waals surface area contributed by atoms with Crippen LogP contribution >= 0.6 is 0 Å². The first-order valence-corrected chi connectivity index (χ1v) is 7.07. The van der Waals surface area contributed by atoms with Gasteiger partial charge in [-0.3, -0.25) is 4.99 Å². The topological polar surface area (TPSA) is 48.9 Å². The van der Waals surface area contributed by atoms with Gasteiger partial charge in [0.25, 0.3) is 0 Å². The first-order chi connectivity index (χ1) is 10.3. The average Bonchev–Trinajstić information content (AvgIpc) is 2.99. The van der Waals surface area contributed by atoms with Gasteiger partial charge in [-0.1, -0.05) is 18.1 Å². The minimum absolute atomic E-state index is 0.346. The molecule has 1 aliphatic rings. The van der Waals surface area contributed by atoms with Crippen molar-refractivity contribution in [2.24, 2.45) is 4.99 Å². The van der Waals surface area contributed by atoms with Crippen molar-refractivity contribution in [3.8, 4) is 18.1 Å². The summed E-state index contributed by atoms with van der Waals surface area (Å²) in [6, 6.07) is 8.45. The number of ether oxygens (including phenoxy) is 1. The van der Waals surface area contributed by atoms with Gasteiger partial charge >= 0.3 is 0 Å². The third-order valence-electron chi connectivity index (χ3n) is 3.54. The third-order valence-corrected chi connectivity index (χ3v) is 3.54. The van der Waals surface area contributed by atoms with E-state index >= 15 is 0 Å². The second kappa shape index (κ2) is 7.44. The van der Waals surface area contributed by atoms with E-state index in [1.807, 2.05) is 18.2 Å². The molecule has 1 atom stereocenters. The molecule has 0 aliphatic carbocycles. The number of methoxy groups -OCH3 is 1. The molecule has 2 rings (SSSR count). The van der Waals surface area contributed by atoms with Crippen LogP contribution in [0.1, 0.15) is 6.42 Å². The van der Waals surface area contributed by atoms with Crippen LogP contribution in [0.3, 0.4) is 0 Å². The summed E-state index contributed by atoms with van der Waals surface area (Å²) in [6.45, 7) is 2.38. The summed E-state index contributed by atoms with van der Waals surface area (Å²) in [7, 11) is 3.45. The predicted molar refractivity (Wildman–Crippen MR) is 86.9 cm³/mol. The Morgan fingerprint density at radius 2 is 2.33 bits per heavy atom. The van der Waals surface area contributed by atoms with Crippen molar-refractivity contribution in [3.05, 3.63) is 24.3 Å². The van der Waals surface area contributed by atoms with E-state index < -0.39 is 0 Å². The molecule has 1 unspecified atom stereocenters. The molecule has 0 spiro atoms. The Bertz CT molecular complexity index is 535. The van der Waals surface area contributed by atoms with Crippen molar-refractivity contribution in [1.82, 2.24) is 10.6 Å². The summed E-state index contributed by atoms with van der Waals surface area (Å²) in [5, 5.41) is 6.48. The molecule has 2 N–H and O–H groups in total. The molecule has 5 nitrogen and oxygen atoms in total. The maximum absolute atomic E-state index is 5.43. The van der Waals surface area contributed by atoms with E-state index in [0.717, 1.165) is 36.9 Å². The summed E-state index contributed by atoms with van der Waals surface area (Å²) < 4.78 is 5.43. The summed E-state index contributed by atoms with van der Waals surface area (Å²) >= 11 is 0. The van der Waals surface area contributed by atoms with Crippen molar-refractivity contribution < 1.29 is 4.74 Å². The Morgan fingerprint density at radius 3 is 3.05 bits per heavy atom. The number of nitrogens with one attached hydrogen (secondary N) is 2. The average molecular weight is 286 g/mol. The zero-order valence-electron chi connectivity index (χ0n) is 12.6. The fourth-order valence-corrected chi connectivity index (χ4v) is 2.51. The van der Waals surface area contributed by atoms with Crippen LogP contribution in [0.15, 0.2) is 29.3 Å². The van der Waals surface area contributed by atoms with Crippen molar-refractivity contribution in [3.63, 3.8) is 0 Å². The summed E-state index contributed by atoms with van der Waals surface area (Å²) in [5.41, 5.74) is 1.14. The lowest BCUT2D eigenvalue weighted by atomic mass is 10.2. The zero-order chi connectivity index (χ0) is 15.1. The first-order valence-electron chi connectivity index (χ1n) is 7.07. The van der Waals surface area contributed by atoms with E-state index in [4.69, 9.17) is 11.2 Å². The van der Waals surface area contributed by atoms with Gasteiger partial charge in [-0.2, -0.15) is 0 Å². The van der Waals surface area contributed by atoms with Crippen LogP contribution in [0, 0.1) is 12.3 Å². The highest BCUT2D eigenvalue weighted by molar-refractivity contribution is 5.80. The lowest BCUT2D eigenvalue weighted by Crippen LogP contribution is -2.44. The van der Waals surface area contributed by atoms with Gasteiger partial charge in [-0.25, -0.2) is 0 Å². The van der Waals surface area contributed by atoms with E-state index in [2.05, 4.69) is 32.5 Å². The van der Waals surface area contributed by atoms with Crippen LogP contribution in [-0.4, -0.2) is 45.8 Å². The van der Waals surface area contributed by atoms with E-state index in [1.165, 1.54) is 0 Å². The molecule has 0 amide bonds. The lowest BCUT2D eigenvalue weighted by molar-refractivity contribution is 0.415. The van der Waals surface area contributed by atoms with E-state index in [1.54, 1.807) is 14.2 Å². The van der Waals surface area contributed by atoms with Gasteiger partial charge in [0, 0.05) is 26.2 Å². The van der Waals surface area contributed by atoms with Gasteiger partial charge in [0.2, 0.25) is 0 Å². The first kappa shape index (κ1) is 15.0. The number of para-hydroxylation sites is 2. The molecule has 1 fully saturated rings. The quantitative estimate of drug-likeness (QED) is 0.494. The van der Waals surface area contributed by atoms with Gasteiger partial charge in [0.05, 0.1) is 19.3 Å². The van der Waals surface area contributed by atoms with E-state index in [9.17, 15) is 0 Å². The maximum Gasteiger partial charge on any atom is 0.192 e. The minimum Gasteiger partial charge on any atom is -0.495 e. The summed E-state index contributed by atoms with van der Waals surface area (Å²) in [5.74, 6) is 4.21. The van der Waals surface area contributed by atoms with Crippen LogP contribution < -0.4 is 20.3 Å². The van der Waals surface area contributed by atoms with Crippen LogP contribution in [0.25, 0.3) is 0 Å². The molecule has 1 saturated heterocycles. The Hall–Kier alpha value is -2.35. The van der Waals surface area contributed by atoms with Gasteiger partial charge in [-0.05, 0) is 18.6 Å². The van der Waals surface area contributed by atoms with Crippen molar-refractivity contribution >= 4 is 11.6 Å². The predicted octanol–water partition coefficient (Wildman–Crippen LogP) is 1.07. The Balaban J connectivity index is 1.96. The molecule has 0 aromatic heterocycles. The fourth-order valence-electron chi connectivity index (χ4n) is 2.51. The number of terminal acetylenes is 1. The smallest absolute Gasteiger partial charge is 0.192 e. The SMILES string of the molecule is C#CCNC(=NC)NC1CCN(c2ccccc2OC)C1. The highest BCUT2D eigenvalue weighted by Crippen LogP contribution is 2.30. The zero-order valence-corrected chi connectivity index (χ0v) is 12.6. The lowest BCUT2D eigenvalue weighted by Gasteiger charge is -2.22. The molecule has 0 radical (unpaired) electrons. The molecule has 112 valence electrons. The number of anilines is 1. The van der Waals surface area contributed by atoms with Crippen LogP contribution in [0.5, 0.6) is 5.75 Å². The van der Waals surface area contributed by atoms with Crippen molar-refractivity contribution in [2.45, 2.75) is 12.5 Å². The number of guanidine groups is 1. The number of nitrogens with zero attached hydrogens (tertiary/aromatic N) is 2. The summed E-state index contributed by atoms with van der Waals surface area (Å²) in [4.78, 5) is 6.50. The molecule has 1 aromatic rings. The third kappa shape index (κ3) is 3.82. The van der Waals surface area contributed by atoms with Gasteiger partial charge < -0.3 is 20.3 Å². The monoisotopic (exact) mass is 286 g/mol. The van der Waals surface area contributed by atoms with Crippen molar-refractivity contribution in [1.29, 1.82) is 0 Å². The minimum atomic E-state index is 0.346. The second-order valence-electron chi connectivity index (χ2n) is 4.88. The second-order valence-corrected chi connectivity index (χ2v) is 4.88. The maximum atomic E-state index is 5.43. The molecule has 1 aromatic carbocycles. The molecule has 0 bridgehead atoms. The number of aliphatic imine (C=N–C) groups is 1. The largest absolute Gasteiger partial charge is 0.495 e. The van der Waals surface area contributed by atoms with Crippen LogP contribution in [-0.2, 0) is 0 Å². The van der Waals surface area contributed by atoms with E-state index in [-0.39, 0.29) is 0 Å². The molecule has 1 heterocycles. The number of hydrogen-bond acceptors (Lipinski definition) is 3. The Labute approximate surface area is 126 Å². The highest BCUT2D eigenvalue weighted by atomic mass is 16.5. The number of rotatable bonds is 4. The highest BCUT2D eigenvalue weighted by Gasteiger charge is 2.25. The van der Waals surface area contributed by atoms with Crippen molar-refractivity contribution in [2.75, 3.05) is 38.7 Å². The Kier molecular flexibility index (Phi) is 5.33. The van der Waals surface area contributed by atoms with E-state index in [0.29, 0.717) is 12.6 Å². The number of benzene rings is 1. The number of hydrogen-bond donors (Lipinski definition) is 2. The normalized spacial score (nSPS) is 18.2. The standard InChI is InChI=1S/C16H22N4O/c1-4-10-18-16(17-2)19-13-9-11-20(12-13)14-7-5-6-8-15(14)21-3/h1,5-8,13H,9-12H2,2-3H3,(H2,17,18,19). The molecular formula is C16H22N4O.